The predicted octanol–water partition coefficient (Wildman–Crippen LogP) is 1.20. The van der Waals surface area contributed by atoms with Gasteiger partial charge in [-0.25, -0.2) is 13.6 Å². The lowest BCUT2D eigenvalue weighted by Gasteiger charge is -2.22. The molecule has 0 bridgehead atoms. The van der Waals surface area contributed by atoms with Crippen molar-refractivity contribution >= 4 is 15.9 Å². The van der Waals surface area contributed by atoms with E-state index in [0.717, 1.165) is 0 Å². The van der Waals surface area contributed by atoms with Gasteiger partial charge in [-0.05, 0) is 51.0 Å². The third-order valence-corrected chi connectivity index (χ3v) is 4.35. The molecule has 6 nitrogen and oxygen atoms in total. The van der Waals surface area contributed by atoms with E-state index in [4.69, 9.17) is 9.88 Å². The van der Waals surface area contributed by atoms with Gasteiger partial charge in [-0.15, -0.1) is 0 Å². The van der Waals surface area contributed by atoms with Crippen molar-refractivity contribution in [2.45, 2.75) is 38.6 Å². The number of sulfonamides is 1. The summed E-state index contributed by atoms with van der Waals surface area (Å²) in [5.74, 6) is 0.336. The van der Waals surface area contributed by atoms with Gasteiger partial charge in [0.05, 0.1) is 4.90 Å². The Labute approximate surface area is 125 Å². The van der Waals surface area contributed by atoms with E-state index < -0.39 is 10.0 Å². The van der Waals surface area contributed by atoms with E-state index in [-0.39, 0.29) is 23.5 Å². The maximum atomic E-state index is 11.9. The average molecular weight is 314 g/mol. The second kappa shape index (κ2) is 6.44. The van der Waals surface area contributed by atoms with Crippen LogP contribution in [-0.4, -0.2) is 38.9 Å². The van der Waals surface area contributed by atoms with E-state index in [1.54, 1.807) is 31.9 Å². The molecule has 0 aliphatic carbocycles. The Kier molecular flexibility index (Phi) is 5.36. The first-order chi connectivity index (χ1) is 9.54. The highest BCUT2D eigenvalue weighted by molar-refractivity contribution is 7.89. The molecule has 1 rings (SSSR count). The Balaban J connectivity index is 2.92. The zero-order valence-electron chi connectivity index (χ0n) is 13.0. The van der Waals surface area contributed by atoms with Crippen LogP contribution in [0.1, 0.15) is 25.0 Å². The maximum Gasteiger partial charge on any atom is 0.260 e. The first kappa shape index (κ1) is 17.5. The largest absolute Gasteiger partial charge is 0.483 e. The van der Waals surface area contributed by atoms with Crippen molar-refractivity contribution in [3.8, 4) is 5.75 Å². The number of nitrogens with zero attached hydrogens (tertiary/aromatic N) is 1. The number of nitrogens with two attached hydrogens (primary N) is 1. The second-order valence-corrected chi connectivity index (χ2v) is 6.85. The van der Waals surface area contributed by atoms with Crippen molar-refractivity contribution in [3.63, 3.8) is 0 Å². The highest BCUT2D eigenvalue weighted by Crippen LogP contribution is 2.25. The lowest BCUT2D eigenvalue weighted by Crippen LogP contribution is -2.36. The first-order valence-electron chi connectivity index (χ1n) is 6.56. The van der Waals surface area contributed by atoms with Crippen LogP contribution < -0.4 is 9.88 Å². The van der Waals surface area contributed by atoms with Crippen LogP contribution in [0.5, 0.6) is 5.75 Å². The molecule has 1 amide bonds. The molecule has 2 N–H and O–H groups in total. The highest BCUT2D eigenvalue weighted by Gasteiger charge is 2.16. The number of carbonyl (C=O) groups is 1. The molecule has 0 spiro atoms. The third kappa shape index (κ3) is 4.44. The molecule has 0 unspecified atom stereocenters. The van der Waals surface area contributed by atoms with Gasteiger partial charge in [0.2, 0.25) is 10.0 Å². The Hall–Kier alpha value is -1.60. The lowest BCUT2D eigenvalue weighted by atomic mass is 10.1. The van der Waals surface area contributed by atoms with Crippen LogP contribution in [0.25, 0.3) is 0 Å². The highest BCUT2D eigenvalue weighted by atomic mass is 32.2. The summed E-state index contributed by atoms with van der Waals surface area (Å²) in [7, 11) is -2.05. The number of primary sulfonamides is 1. The van der Waals surface area contributed by atoms with Crippen molar-refractivity contribution in [2.24, 2.45) is 5.14 Å². The quantitative estimate of drug-likeness (QED) is 0.884. The SMILES string of the molecule is Cc1cc(S(N)(=O)=O)c(C)cc1OCC(=O)N(C)C(C)C. The molecule has 21 heavy (non-hydrogen) atoms. The van der Waals surface area contributed by atoms with Crippen LogP contribution in [0.15, 0.2) is 17.0 Å². The molecule has 0 saturated heterocycles. The molecule has 0 saturated carbocycles. The topological polar surface area (TPSA) is 89.7 Å². The van der Waals surface area contributed by atoms with Crippen LogP contribution >= 0.6 is 0 Å². The van der Waals surface area contributed by atoms with Crippen LogP contribution in [-0.2, 0) is 14.8 Å². The fourth-order valence-electron chi connectivity index (χ4n) is 1.75. The molecule has 0 aliphatic heterocycles. The predicted molar refractivity (Wildman–Crippen MR) is 80.7 cm³/mol. The minimum Gasteiger partial charge on any atom is -0.483 e. The Morgan fingerprint density at radius 1 is 1.29 bits per heavy atom. The van der Waals surface area contributed by atoms with Crippen molar-refractivity contribution in [3.05, 3.63) is 23.3 Å². The van der Waals surface area contributed by atoms with Gasteiger partial charge in [-0.3, -0.25) is 4.79 Å². The normalized spacial score (nSPS) is 11.6. The molecule has 0 heterocycles. The standard InChI is InChI=1S/C14H22N2O4S/c1-9(2)16(5)14(17)8-20-12-6-11(4)13(7-10(12)3)21(15,18)19/h6-7,9H,8H2,1-5H3,(H2,15,18,19). The summed E-state index contributed by atoms with van der Waals surface area (Å²) in [6, 6.07) is 3.13. The zero-order chi connectivity index (χ0) is 16.4. The van der Waals surface area contributed by atoms with Crippen LogP contribution in [0, 0.1) is 13.8 Å². The zero-order valence-corrected chi connectivity index (χ0v) is 13.8. The number of aryl methyl sites for hydroxylation is 2. The molecule has 1 aromatic rings. The van der Waals surface area contributed by atoms with E-state index in [2.05, 4.69) is 0 Å². The van der Waals surface area contributed by atoms with Crippen molar-refractivity contribution < 1.29 is 17.9 Å². The minimum absolute atomic E-state index is 0.0676. The van der Waals surface area contributed by atoms with Crippen molar-refractivity contribution in [1.29, 1.82) is 0 Å². The second-order valence-electron chi connectivity index (χ2n) is 5.32. The smallest absolute Gasteiger partial charge is 0.260 e. The molecule has 1 aromatic carbocycles. The molecule has 0 radical (unpaired) electrons. The number of carbonyl (C=O) groups excluding carboxylic acids is 1. The van der Waals surface area contributed by atoms with Gasteiger partial charge in [0, 0.05) is 13.1 Å². The van der Waals surface area contributed by atoms with Gasteiger partial charge in [-0.2, -0.15) is 0 Å². The maximum absolute atomic E-state index is 11.9. The number of rotatable bonds is 5. The molecular formula is C14H22N2O4S. The van der Waals surface area contributed by atoms with Gasteiger partial charge >= 0.3 is 0 Å². The van der Waals surface area contributed by atoms with Gasteiger partial charge < -0.3 is 9.64 Å². The summed E-state index contributed by atoms with van der Waals surface area (Å²) in [6.07, 6.45) is 0. The van der Waals surface area contributed by atoms with Crippen molar-refractivity contribution in [2.75, 3.05) is 13.7 Å². The number of likely N-dealkylation sites (N-methyl/N-ethyl adjacent to an activating group) is 1. The molecule has 0 fully saturated rings. The summed E-state index contributed by atoms with van der Waals surface area (Å²) in [5, 5.41) is 5.14. The lowest BCUT2D eigenvalue weighted by molar-refractivity contribution is -0.133. The summed E-state index contributed by atoms with van der Waals surface area (Å²) in [5.41, 5.74) is 1.10. The number of ether oxygens (including phenoxy) is 1. The van der Waals surface area contributed by atoms with E-state index >= 15 is 0 Å². The molecular weight excluding hydrogens is 292 g/mol. The summed E-state index contributed by atoms with van der Waals surface area (Å²) in [6.45, 7) is 7.07. The Morgan fingerprint density at radius 2 is 1.86 bits per heavy atom. The van der Waals surface area contributed by atoms with Gasteiger partial charge in [0.1, 0.15) is 5.75 Å². The van der Waals surface area contributed by atoms with Gasteiger partial charge in [0.15, 0.2) is 6.61 Å². The molecule has 0 aromatic heterocycles. The average Bonchev–Trinajstić information content (AvgIpc) is 2.36. The Bertz CT molecular complexity index is 639. The minimum atomic E-state index is -3.76. The number of hydrogen-bond acceptors (Lipinski definition) is 4. The van der Waals surface area contributed by atoms with Crippen LogP contribution in [0.4, 0.5) is 0 Å². The van der Waals surface area contributed by atoms with E-state index in [1.807, 2.05) is 13.8 Å². The van der Waals surface area contributed by atoms with E-state index in [1.165, 1.54) is 6.07 Å². The summed E-state index contributed by atoms with van der Waals surface area (Å²) in [4.78, 5) is 13.5. The third-order valence-electron chi connectivity index (χ3n) is 3.30. The first-order valence-corrected chi connectivity index (χ1v) is 8.11. The number of benzene rings is 1. The fourth-order valence-corrected chi connectivity index (χ4v) is 2.60. The van der Waals surface area contributed by atoms with E-state index in [0.29, 0.717) is 16.9 Å². The monoisotopic (exact) mass is 314 g/mol. The molecule has 118 valence electrons. The Morgan fingerprint density at radius 3 is 2.33 bits per heavy atom. The van der Waals surface area contributed by atoms with Crippen LogP contribution in [0.3, 0.4) is 0 Å². The number of hydrogen-bond donors (Lipinski definition) is 1. The molecule has 0 aliphatic rings. The van der Waals surface area contributed by atoms with Crippen LogP contribution in [0.2, 0.25) is 0 Å². The number of amides is 1. The fraction of sp³-hybridized carbons (Fsp3) is 0.500. The molecule has 7 heteroatoms. The summed E-state index contributed by atoms with van der Waals surface area (Å²) >= 11 is 0. The van der Waals surface area contributed by atoms with Crippen molar-refractivity contribution in [1.82, 2.24) is 4.90 Å². The van der Waals surface area contributed by atoms with Gasteiger partial charge in [0.25, 0.3) is 5.91 Å². The van der Waals surface area contributed by atoms with E-state index in [9.17, 15) is 13.2 Å². The molecule has 0 atom stereocenters. The van der Waals surface area contributed by atoms with Gasteiger partial charge in [-0.1, -0.05) is 0 Å². The summed E-state index contributed by atoms with van der Waals surface area (Å²) < 4.78 is 28.3.